The average Bonchev–Trinajstić information content (AvgIpc) is 2.26. The van der Waals surface area contributed by atoms with Gasteiger partial charge in [0, 0.05) is 20.5 Å². The van der Waals surface area contributed by atoms with Crippen LogP contribution in [0.4, 0.5) is 0 Å². The van der Waals surface area contributed by atoms with E-state index in [1.807, 2.05) is 32.3 Å². The van der Waals surface area contributed by atoms with Crippen molar-refractivity contribution in [1.29, 1.82) is 0 Å². The number of nitrogens with zero attached hydrogens (tertiary/aromatic N) is 1. The lowest BCUT2D eigenvalue weighted by Gasteiger charge is -2.22. The highest BCUT2D eigenvalue weighted by Crippen LogP contribution is 2.28. The number of hydrogen-bond donors (Lipinski definition) is 0. The van der Waals surface area contributed by atoms with Gasteiger partial charge in [0.1, 0.15) is 0 Å². The topological polar surface area (TPSA) is 20.3 Å². The summed E-state index contributed by atoms with van der Waals surface area (Å²) in [6, 6.07) is 10.3. The van der Waals surface area contributed by atoms with Crippen molar-refractivity contribution in [2.75, 3.05) is 14.1 Å². The summed E-state index contributed by atoms with van der Waals surface area (Å²) in [6.07, 6.45) is 0.592. The highest BCUT2D eigenvalue weighted by molar-refractivity contribution is 5.76. The molecule has 1 aromatic rings. The van der Waals surface area contributed by atoms with Crippen LogP contribution < -0.4 is 0 Å². The van der Waals surface area contributed by atoms with Gasteiger partial charge in [-0.1, -0.05) is 44.2 Å². The fourth-order valence-electron chi connectivity index (χ4n) is 1.81. The molecule has 16 heavy (non-hydrogen) atoms. The van der Waals surface area contributed by atoms with E-state index >= 15 is 0 Å². The van der Waals surface area contributed by atoms with Crippen LogP contribution in [0.25, 0.3) is 0 Å². The zero-order valence-electron chi connectivity index (χ0n) is 10.6. The maximum absolute atomic E-state index is 11.8. The number of rotatable bonds is 4. The minimum atomic E-state index is 0.197. The van der Waals surface area contributed by atoms with E-state index in [-0.39, 0.29) is 5.91 Å². The Bertz CT molecular complexity index is 330. The van der Waals surface area contributed by atoms with Crippen molar-refractivity contribution in [3.05, 3.63) is 35.9 Å². The third-order valence-electron chi connectivity index (χ3n) is 2.93. The largest absolute Gasteiger partial charge is 0.349 e. The Kier molecular flexibility index (Phi) is 4.53. The molecule has 0 radical (unpaired) electrons. The molecule has 0 aliphatic carbocycles. The van der Waals surface area contributed by atoms with Crippen molar-refractivity contribution in [3.63, 3.8) is 0 Å². The van der Waals surface area contributed by atoms with Crippen molar-refractivity contribution in [2.24, 2.45) is 5.92 Å². The fourth-order valence-corrected chi connectivity index (χ4v) is 1.81. The molecule has 0 N–H and O–H groups in total. The van der Waals surface area contributed by atoms with E-state index in [0.29, 0.717) is 18.3 Å². The molecular formula is C14H21NO. The Morgan fingerprint density at radius 3 is 2.19 bits per heavy atom. The van der Waals surface area contributed by atoms with Crippen LogP contribution in [0.2, 0.25) is 0 Å². The molecule has 0 saturated heterocycles. The van der Waals surface area contributed by atoms with Gasteiger partial charge in [0.05, 0.1) is 0 Å². The van der Waals surface area contributed by atoms with Gasteiger partial charge in [0.25, 0.3) is 0 Å². The molecule has 1 amide bonds. The first-order chi connectivity index (χ1) is 7.52. The number of carbonyl (C=O) groups is 1. The summed E-state index contributed by atoms with van der Waals surface area (Å²) >= 11 is 0. The molecule has 0 aliphatic heterocycles. The van der Waals surface area contributed by atoms with Gasteiger partial charge in [-0.3, -0.25) is 4.79 Å². The summed E-state index contributed by atoms with van der Waals surface area (Å²) in [5, 5.41) is 0. The predicted molar refractivity (Wildman–Crippen MR) is 67.3 cm³/mol. The highest BCUT2D eigenvalue weighted by atomic mass is 16.2. The molecular weight excluding hydrogens is 198 g/mol. The predicted octanol–water partition coefficient (Wildman–Crippen LogP) is 2.90. The Morgan fingerprint density at radius 2 is 1.75 bits per heavy atom. The van der Waals surface area contributed by atoms with Gasteiger partial charge < -0.3 is 4.90 Å². The summed E-state index contributed by atoms with van der Waals surface area (Å²) < 4.78 is 0. The van der Waals surface area contributed by atoms with Gasteiger partial charge in [-0.25, -0.2) is 0 Å². The maximum Gasteiger partial charge on any atom is 0.222 e. The lowest BCUT2D eigenvalue weighted by Crippen LogP contribution is -2.25. The summed E-state index contributed by atoms with van der Waals surface area (Å²) in [6.45, 7) is 4.33. The second kappa shape index (κ2) is 5.69. The number of carbonyl (C=O) groups excluding carboxylic acids is 1. The third-order valence-corrected chi connectivity index (χ3v) is 2.93. The minimum absolute atomic E-state index is 0.197. The first-order valence-corrected chi connectivity index (χ1v) is 5.77. The van der Waals surface area contributed by atoms with E-state index < -0.39 is 0 Å². The third kappa shape index (κ3) is 3.37. The van der Waals surface area contributed by atoms with Gasteiger partial charge >= 0.3 is 0 Å². The van der Waals surface area contributed by atoms with Crippen LogP contribution in [0.15, 0.2) is 30.3 Å². The lowest BCUT2D eigenvalue weighted by molar-refractivity contribution is -0.129. The molecule has 0 saturated carbocycles. The van der Waals surface area contributed by atoms with Crippen LogP contribution in [-0.4, -0.2) is 24.9 Å². The number of hydrogen-bond acceptors (Lipinski definition) is 1. The van der Waals surface area contributed by atoms with Crippen LogP contribution in [0.3, 0.4) is 0 Å². The molecule has 0 bridgehead atoms. The van der Waals surface area contributed by atoms with Crippen LogP contribution in [0.5, 0.6) is 0 Å². The minimum Gasteiger partial charge on any atom is -0.349 e. The number of amides is 1. The quantitative estimate of drug-likeness (QED) is 0.762. The fraction of sp³-hybridized carbons (Fsp3) is 0.500. The Balaban J connectivity index is 2.81. The van der Waals surface area contributed by atoms with E-state index in [1.165, 1.54) is 5.56 Å². The second-order valence-electron chi connectivity index (χ2n) is 4.75. The molecule has 1 rings (SSSR count). The highest BCUT2D eigenvalue weighted by Gasteiger charge is 2.20. The summed E-state index contributed by atoms with van der Waals surface area (Å²) in [5.41, 5.74) is 1.26. The molecule has 0 fully saturated rings. The van der Waals surface area contributed by atoms with E-state index in [1.54, 1.807) is 4.90 Å². The monoisotopic (exact) mass is 219 g/mol. The van der Waals surface area contributed by atoms with Crippen LogP contribution in [0.1, 0.15) is 31.7 Å². The summed E-state index contributed by atoms with van der Waals surface area (Å²) in [5.74, 6) is 0.991. The van der Waals surface area contributed by atoms with Crippen molar-refractivity contribution in [1.82, 2.24) is 4.90 Å². The van der Waals surface area contributed by atoms with Crippen molar-refractivity contribution < 1.29 is 4.79 Å². The molecule has 1 unspecified atom stereocenters. The molecule has 0 aliphatic rings. The molecule has 1 atom stereocenters. The van der Waals surface area contributed by atoms with E-state index in [9.17, 15) is 4.79 Å². The van der Waals surface area contributed by atoms with Crippen molar-refractivity contribution in [2.45, 2.75) is 26.2 Å². The lowest BCUT2D eigenvalue weighted by atomic mass is 9.85. The zero-order chi connectivity index (χ0) is 12.1. The van der Waals surface area contributed by atoms with Gasteiger partial charge in [0.2, 0.25) is 5.91 Å². The Morgan fingerprint density at radius 1 is 1.19 bits per heavy atom. The van der Waals surface area contributed by atoms with E-state index in [0.717, 1.165) is 0 Å². The van der Waals surface area contributed by atoms with Crippen molar-refractivity contribution in [3.8, 4) is 0 Å². The van der Waals surface area contributed by atoms with Gasteiger partial charge in [-0.15, -0.1) is 0 Å². The van der Waals surface area contributed by atoms with Crippen molar-refractivity contribution >= 4 is 5.91 Å². The number of benzene rings is 1. The van der Waals surface area contributed by atoms with Gasteiger partial charge in [-0.2, -0.15) is 0 Å². The van der Waals surface area contributed by atoms with Gasteiger partial charge in [0.15, 0.2) is 0 Å². The maximum atomic E-state index is 11.8. The van der Waals surface area contributed by atoms with Crippen LogP contribution >= 0.6 is 0 Å². The van der Waals surface area contributed by atoms with Gasteiger partial charge in [-0.05, 0) is 17.4 Å². The molecule has 2 nitrogen and oxygen atoms in total. The summed E-state index contributed by atoms with van der Waals surface area (Å²) in [7, 11) is 3.62. The Labute approximate surface area is 98.3 Å². The standard InChI is InChI=1S/C14H21NO/c1-11(2)13(10-14(16)15(3)4)12-8-6-5-7-9-12/h5-9,11,13H,10H2,1-4H3. The van der Waals surface area contributed by atoms with Crippen LogP contribution in [-0.2, 0) is 4.79 Å². The molecule has 0 spiro atoms. The molecule has 88 valence electrons. The molecule has 0 aromatic heterocycles. The SMILES string of the molecule is CC(C)C(CC(=O)N(C)C)c1ccccc1. The average molecular weight is 219 g/mol. The molecule has 2 heteroatoms. The van der Waals surface area contributed by atoms with E-state index in [2.05, 4.69) is 26.0 Å². The molecule has 0 heterocycles. The first-order valence-electron chi connectivity index (χ1n) is 5.77. The molecule has 1 aromatic carbocycles. The smallest absolute Gasteiger partial charge is 0.222 e. The summed E-state index contributed by atoms with van der Waals surface area (Å²) in [4.78, 5) is 13.4. The first kappa shape index (κ1) is 12.8. The normalized spacial score (nSPS) is 12.6. The second-order valence-corrected chi connectivity index (χ2v) is 4.75. The zero-order valence-corrected chi connectivity index (χ0v) is 10.6. The van der Waals surface area contributed by atoms with E-state index in [4.69, 9.17) is 0 Å². The van der Waals surface area contributed by atoms with Crippen LogP contribution in [0, 0.1) is 5.92 Å². The Hall–Kier alpha value is -1.31.